The van der Waals surface area contributed by atoms with Gasteiger partial charge in [0.1, 0.15) is 11.3 Å². The first-order chi connectivity index (χ1) is 9.27. The number of nitrogens with one attached hydrogen (secondary N) is 1. The highest BCUT2D eigenvalue weighted by Gasteiger charge is 2.33. The summed E-state index contributed by atoms with van der Waals surface area (Å²) in [6.45, 7) is 1.89. The van der Waals surface area contributed by atoms with Crippen LogP contribution in [0.25, 0.3) is 0 Å². The highest BCUT2D eigenvalue weighted by atomic mass is 35.5. The maximum absolute atomic E-state index is 14.0. The first-order valence-corrected chi connectivity index (χ1v) is 8.35. The number of piperidine rings is 1. The number of halogens is 2. The number of nitrogens with zero attached hydrogens (tertiary/aromatic N) is 3. The summed E-state index contributed by atoms with van der Waals surface area (Å²) in [4.78, 5) is 8.04. The first kappa shape index (κ1) is 15.4. The average molecular weight is 323 g/mol. The summed E-state index contributed by atoms with van der Waals surface area (Å²) in [5, 5.41) is 3.18. The molecule has 2 heterocycles. The Balaban J connectivity index is 2.03. The van der Waals surface area contributed by atoms with E-state index in [1.54, 1.807) is 13.1 Å². The third-order valence-corrected chi connectivity index (χ3v) is 4.85. The third-order valence-electron chi connectivity index (χ3n) is 3.20. The van der Waals surface area contributed by atoms with Gasteiger partial charge in [-0.1, -0.05) is 11.6 Å². The molecule has 9 heteroatoms. The van der Waals surface area contributed by atoms with E-state index in [-0.39, 0.29) is 19.0 Å². The van der Waals surface area contributed by atoms with Crippen molar-refractivity contribution in [1.29, 1.82) is 0 Å². The smallest absolute Gasteiger partial charge is 0.224 e. The lowest BCUT2D eigenvalue weighted by Crippen LogP contribution is -2.49. The predicted molar refractivity (Wildman–Crippen MR) is 75.1 cm³/mol. The molecule has 0 bridgehead atoms. The van der Waals surface area contributed by atoms with Gasteiger partial charge in [-0.15, -0.1) is 0 Å². The Labute approximate surface area is 122 Å². The van der Waals surface area contributed by atoms with Crippen LogP contribution in [0.4, 0.5) is 10.3 Å². The Morgan fingerprint density at radius 2 is 2.25 bits per heavy atom. The van der Waals surface area contributed by atoms with Crippen molar-refractivity contribution in [2.75, 3.05) is 24.7 Å². The van der Waals surface area contributed by atoms with Crippen molar-refractivity contribution in [2.24, 2.45) is 0 Å². The summed E-state index contributed by atoms with van der Waals surface area (Å²) < 4.78 is 37.9. The van der Waals surface area contributed by atoms with Gasteiger partial charge in [-0.2, -0.15) is 4.31 Å². The third kappa shape index (κ3) is 3.56. The molecule has 0 aromatic carbocycles. The number of aryl methyl sites for hydroxylation is 1. The average Bonchev–Trinajstić information content (AvgIpc) is 2.35. The molecular formula is C11H16ClFN4O2S. The fourth-order valence-corrected chi connectivity index (χ4v) is 2.98. The zero-order valence-corrected chi connectivity index (χ0v) is 12.7. The van der Waals surface area contributed by atoms with E-state index in [0.717, 1.165) is 16.1 Å². The summed E-state index contributed by atoms with van der Waals surface area (Å²) in [6, 6.07) is -0.522. The van der Waals surface area contributed by atoms with Gasteiger partial charge in [-0.25, -0.2) is 22.8 Å². The highest BCUT2D eigenvalue weighted by Crippen LogP contribution is 2.20. The first-order valence-electron chi connectivity index (χ1n) is 6.12. The van der Waals surface area contributed by atoms with Crippen LogP contribution < -0.4 is 5.32 Å². The van der Waals surface area contributed by atoms with Crippen molar-refractivity contribution in [1.82, 2.24) is 14.3 Å². The molecule has 0 unspecified atom stereocenters. The number of rotatable bonds is 3. The van der Waals surface area contributed by atoms with E-state index in [2.05, 4.69) is 15.3 Å². The van der Waals surface area contributed by atoms with Crippen LogP contribution in [-0.2, 0) is 10.0 Å². The van der Waals surface area contributed by atoms with Gasteiger partial charge in [-0.05, 0) is 13.3 Å². The molecule has 2 rings (SSSR count). The van der Waals surface area contributed by atoms with Crippen molar-refractivity contribution in [3.05, 3.63) is 16.9 Å². The van der Waals surface area contributed by atoms with E-state index in [0.29, 0.717) is 11.6 Å². The van der Waals surface area contributed by atoms with Gasteiger partial charge in [0.05, 0.1) is 12.3 Å². The fourth-order valence-electron chi connectivity index (χ4n) is 2.00. The van der Waals surface area contributed by atoms with Crippen LogP contribution in [0, 0.1) is 6.92 Å². The van der Waals surface area contributed by atoms with Crippen LogP contribution in [0.3, 0.4) is 0 Å². The van der Waals surface area contributed by atoms with Crippen molar-refractivity contribution >= 4 is 27.6 Å². The topological polar surface area (TPSA) is 75.2 Å². The molecule has 1 fully saturated rings. The summed E-state index contributed by atoms with van der Waals surface area (Å²) in [5.41, 5.74) is 0.737. The minimum absolute atomic E-state index is 0.157. The maximum atomic E-state index is 14.0. The monoisotopic (exact) mass is 322 g/mol. The molecule has 1 aliphatic heterocycles. The van der Waals surface area contributed by atoms with Crippen LogP contribution in [0.5, 0.6) is 0 Å². The Morgan fingerprint density at radius 1 is 1.55 bits per heavy atom. The standard InChI is InChI=1S/C11H16ClFN4O2S/c1-7-5-14-11(16-10(7)12)15-9-3-4-17(6-8(9)13)20(2,18)19/h5,8-9H,3-4,6H2,1-2H3,(H,14,15,16)/t8-,9-/m1/s1. The lowest BCUT2D eigenvalue weighted by atomic mass is 10.1. The molecule has 20 heavy (non-hydrogen) atoms. The summed E-state index contributed by atoms with van der Waals surface area (Å²) in [5.74, 6) is 0.251. The van der Waals surface area contributed by atoms with Gasteiger partial charge in [0.15, 0.2) is 0 Å². The number of sulfonamides is 1. The lowest BCUT2D eigenvalue weighted by Gasteiger charge is -2.33. The number of anilines is 1. The molecule has 1 N–H and O–H groups in total. The molecule has 1 aliphatic rings. The van der Waals surface area contributed by atoms with E-state index in [1.165, 1.54) is 0 Å². The molecule has 6 nitrogen and oxygen atoms in total. The number of hydrogen-bond donors (Lipinski definition) is 1. The molecule has 0 radical (unpaired) electrons. The van der Waals surface area contributed by atoms with Crippen LogP contribution in [0.15, 0.2) is 6.20 Å². The largest absolute Gasteiger partial charge is 0.348 e. The molecule has 0 spiro atoms. The van der Waals surface area contributed by atoms with Gasteiger partial charge in [-0.3, -0.25) is 0 Å². The number of aromatic nitrogens is 2. The summed E-state index contributed by atoms with van der Waals surface area (Å²) >= 11 is 5.88. The Morgan fingerprint density at radius 3 is 2.80 bits per heavy atom. The number of alkyl halides is 1. The SMILES string of the molecule is Cc1cnc(N[C@@H]2CCN(S(C)(=O)=O)C[C@H]2F)nc1Cl. The predicted octanol–water partition coefficient (Wildman–Crippen LogP) is 1.22. The minimum atomic E-state index is -3.35. The molecule has 1 saturated heterocycles. The Bertz CT molecular complexity index is 598. The molecule has 1 aromatic heterocycles. The molecule has 0 amide bonds. The normalized spacial score (nSPS) is 24.6. The van der Waals surface area contributed by atoms with E-state index in [1.807, 2.05) is 0 Å². The van der Waals surface area contributed by atoms with Crippen molar-refractivity contribution in [3.8, 4) is 0 Å². The van der Waals surface area contributed by atoms with Gasteiger partial charge in [0.2, 0.25) is 16.0 Å². The Hall–Kier alpha value is -0.990. The van der Waals surface area contributed by atoms with Crippen LogP contribution in [0.1, 0.15) is 12.0 Å². The fraction of sp³-hybridized carbons (Fsp3) is 0.636. The quantitative estimate of drug-likeness (QED) is 0.847. The molecule has 0 saturated carbocycles. The van der Waals surface area contributed by atoms with Crippen molar-refractivity contribution in [2.45, 2.75) is 25.6 Å². The molecule has 1 aromatic rings. The summed E-state index contributed by atoms with van der Waals surface area (Å²) in [6.07, 6.45) is 1.66. The lowest BCUT2D eigenvalue weighted by molar-refractivity contribution is 0.186. The molecule has 2 atom stereocenters. The van der Waals surface area contributed by atoms with Gasteiger partial charge < -0.3 is 5.32 Å². The zero-order chi connectivity index (χ0) is 14.9. The molecule has 0 aliphatic carbocycles. The minimum Gasteiger partial charge on any atom is -0.348 e. The van der Waals surface area contributed by atoms with Crippen molar-refractivity contribution in [3.63, 3.8) is 0 Å². The van der Waals surface area contributed by atoms with E-state index < -0.39 is 22.2 Å². The highest BCUT2D eigenvalue weighted by molar-refractivity contribution is 7.88. The Kier molecular flexibility index (Phi) is 4.46. The second kappa shape index (κ2) is 5.79. The van der Waals surface area contributed by atoms with E-state index in [9.17, 15) is 12.8 Å². The van der Waals surface area contributed by atoms with Gasteiger partial charge in [0, 0.05) is 24.8 Å². The van der Waals surface area contributed by atoms with E-state index in [4.69, 9.17) is 11.6 Å². The number of hydrogen-bond acceptors (Lipinski definition) is 5. The zero-order valence-electron chi connectivity index (χ0n) is 11.2. The molecule has 112 valence electrons. The second-order valence-corrected chi connectivity index (χ2v) is 7.18. The van der Waals surface area contributed by atoms with E-state index >= 15 is 0 Å². The van der Waals surface area contributed by atoms with Crippen molar-refractivity contribution < 1.29 is 12.8 Å². The maximum Gasteiger partial charge on any atom is 0.224 e. The van der Waals surface area contributed by atoms with Crippen LogP contribution in [0.2, 0.25) is 5.15 Å². The second-order valence-electron chi connectivity index (χ2n) is 4.84. The van der Waals surface area contributed by atoms with Crippen LogP contribution >= 0.6 is 11.6 Å². The van der Waals surface area contributed by atoms with Gasteiger partial charge in [0.25, 0.3) is 0 Å². The van der Waals surface area contributed by atoms with Gasteiger partial charge >= 0.3 is 0 Å². The molecular weight excluding hydrogens is 307 g/mol. The summed E-state index contributed by atoms with van der Waals surface area (Å²) in [7, 11) is -3.35. The van der Waals surface area contributed by atoms with Crippen LogP contribution in [-0.4, -0.2) is 54.2 Å².